The van der Waals surface area contributed by atoms with Crippen molar-refractivity contribution >= 4 is 23.4 Å². The van der Waals surface area contributed by atoms with Crippen LogP contribution in [0.25, 0.3) is 0 Å². The molecule has 3 rings (SSSR count). The summed E-state index contributed by atoms with van der Waals surface area (Å²) in [4.78, 5) is 31.3. The number of rotatable bonds is 5. The Morgan fingerprint density at radius 1 is 1.18 bits per heavy atom. The summed E-state index contributed by atoms with van der Waals surface area (Å²) in [5.41, 5.74) is 2.69. The van der Waals surface area contributed by atoms with E-state index in [4.69, 9.17) is 9.47 Å². The molecule has 8 nitrogen and oxygen atoms in total. The first kappa shape index (κ1) is 20.1. The van der Waals surface area contributed by atoms with Crippen molar-refractivity contribution in [2.75, 3.05) is 43.6 Å². The van der Waals surface area contributed by atoms with E-state index < -0.39 is 17.8 Å². The number of methoxy groups -OCH3 is 1. The third kappa shape index (κ3) is 4.27. The highest BCUT2D eigenvalue weighted by molar-refractivity contribution is 5.97. The van der Waals surface area contributed by atoms with Gasteiger partial charge in [-0.1, -0.05) is 11.1 Å². The topological polar surface area (TPSA) is 101 Å². The number of allylic oxidation sites excluding steroid dienone is 2. The number of carbonyl (C=O) groups is 2. The summed E-state index contributed by atoms with van der Waals surface area (Å²) in [6.07, 6.45) is 0.849. The number of carbonyl (C=O) groups excluding carboxylic acids is 1. The number of carboxylic acids is 1. The number of anilines is 2. The largest absolute Gasteiger partial charge is 0.481 e. The van der Waals surface area contributed by atoms with E-state index in [9.17, 15) is 14.7 Å². The van der Waals surface area contributed by atoms with Crippen molar-refractivity contribution in [3.8, 4) is 5.88 Å². The number of nitrogens with one attached hydrogen (secondary N) is 1. The second kappa shape index (κ2) is 8.60. The fourth-order valence-corrected chi connectivity index (χ4v) is 3.71. The Bertz CT molecular complexity index is 786. The van der Waals surface area contributed by atoms with Crippen molar-refractivity contribution in [2.24, 2.45) is 11.8 Å². The highest BCUT2D eigenvalue weighted by Gasteiger charge is 2.37. The van der Waals surface area contributed by atoms with Gasteiger partial charge in [0.2, 0.25) is 11.8 Å². The van der Waals surface area contributed by atoms with Crippen molar-refractivity contribution in [2.45, 2.75) is 26.7 Å². The van der Waals surface area contributed by atoms with Crippen molar-refractivity contribution in [3.05, 3.63) is 23.3 Å². The average Bonchev–Trinajstić information content (AvgIpc) is 2.70. The molecule has 1 aliphatic heterocycles. The van der Waals surface area contributed by atoms with Crippen LogP contribution in [0.1, 0.15) is 26.7 Å². The molecule has 1 fully saturated rings. The van der Waals surface area contributed by atoms with Crippen molar-refractivity contribution in [3.63, 3.8) is 0 Å². The van der Waals surface area contributed by atoms with Crippen LogP contribution in [-0.4, -0.2) is 55.4 Å². The Balaban J connectivity index is 1.85. The van der Waals surface area contributed by atoms with Gasteiger partial charge in [0, 0.05) is 19.2 Å². The predicted octanol–water partition coefficient (Wildman–Crippen LogP) is 2.31. The smallest absolute Gasteiger partial charge is 0.307 e. The minimum Gasteiger partial charge on any atom is -0.481 e. The number of aromatic nitrogens is 1. The SMILES string of the molecule is COc1ccc(NC(=O)C2CC(C)=C(C)CC2C(=O)O)c(N2CCOCC2)n1. The van der Waals surface area contributed by atoms with Crippen LogP contribution in [-0.2, 0) is 14.3 Å². The zero-order chi connectivity index (χ0) is 20.3. The lowest BCUT2D eigenvalue weighted by Crippen LogP contribution is -2.39. The number of nitrogens with zero attached hydrogens (tertiary/aromatic N) is 2. The van der Waals surface area contributed by atoms with Gasteiger partial charge in [0.1, 0.15) is 0 Å². The second-order valence-corrected chi connectivity index (χ2v) is 7.33. The molecule has 2 aliphatic rings. The van der Waals surface area contributed by atoms with E-state index in [0.29, 0.717) is 56.5 Å². The number of hydrogen-bond donors (Lipinski definition) is 2. The maximum Gasteiger partial charge on any atom is 0.307 e. The molecule has 8 heteroatoms. The number of morpholine rings is 1. The average molecular weight is 389 g/mol. The first-order valence-electron chi connectivity index (χ1n) is 9.47. The molecule has 0 bridgehead atoms. The fourth-order valence-electron chi connectivity index (χ4n) is 3.71. The summed E-state index contributed by atoms with van der Waals surface area (Å²) < 4.78 is 10.6. The molecule has 2 atom stereocenters. The summed E-state index contributed by atoms with van der Waals surface area (Å²) in [5, 5.41) is 12.5. The van der Waals surface area contributed by atoms with Gasteiger partial charge in [0.15, 0.2) is 5.82 Å². The van der Waals surface area contributed by atoms with Crippen molar-refractivity contribution < 1.29 is 24.2 Å². The monoisotopic (exact) mass is 389 g/mol. The molecule has 1 saturated heterocycles. The molecule has 1 aliphatic carbocycles. The van der Waals surface area contributed by atoms with Gasteiger partial charge in [-0.15, -0.1) is 0 Å². The molecule has 0 saturated carbocycles. The quantitative estimate of drug-likeness (QED) is 0.745. The highest BCUT2D eigenvalue weighted by atomic mass is 16.5. The maximum atomic E-state index is 13.0. The van der Waals surface area contributed by atoms with Gasteiger partial charge < -0.3 is 24.8 Å². The first-order valence-corrected chi connectivity index (χ1v) is 9.47. The molecule has 2 N–H and O–H groups in total. The van der Waals surface area contributed by atoms with E-state index in [2.05, 4.69) is 10.3 Å². The van der Waals surface area contributed by atoms with Gasteiger partial charge >= 0.3 is 5.97 Å². The number of amides is 1. The van der Waals surface area contributed by atoms with Gasteiger partial charge in [-0.25, -0.2) is 0 Å². The van der Waals surface area contributed by atoms with Crippen LogP contribution >= 0.6 is 0 Å². The van der Waals surface area contributed by atoms with E-state index in [1.165, 1.54) is 0 Å². The Morgan fingerprint density at radius 3 is 2.43 bits per heavy atom. The van der Waals surface area contributed by atoms with E-state index in [1.54, 1.807) is 19.2 Å². The highest BCUT2D eigenvalue weighted by Crippen LogP contribution is 2.36. The third-order valence-corrected chi connectivity index (χ3v) is 5.55. The van der Waals surface area contributed by atoms with Gasteiger partial charge in [-0.05, 0) is 32.8 Å². The van der Waals surface area contributed by atoms with Crippen LogP contribution in [0.3, 0.4) is 0 Å². The molecular weight excluding hydrogens is 362 g/mol. The van der Waals surface area contributed by atoms with Crippen molar-refractivity contribution in [1.82, 2.24) is 4.98 Å². The van der Waals surface area contributed by atoms with Gasteiger partial charge in [0.25, 0.3) is 0 Å². The normalized spacial score (nSPS) is 22.8. The summed E-state index contributed by atoms with van der Waals surface area (Å²) in [6.45, 7) is 6.38. The van der Waals surface area contributed by atoms with Crippen LogP contribution in [0.15, 0.2) is 23.3 Å². The molecule has 2 heterocycles. The van der Waals surface area contributed by atoms with E-state index in [1.807, 2.05) is 18.7 Å². The number of ether oxygens (including phenoxy) is 2. The number of carboxylic acid groups (broad SMARTS) is 1. The van der Waals surface area contributed by atoms with Crippen LogP contribution in [0, 0.1) is 11.8 Å². The first-order chi connectivity index (χ1) is 13.4. The summed E-state index contributed by atoms with van der Waals surface area (Å²) in [7, 11) is 1.54. The standard InChI is InChI=1S/C20H27N3O5/c1-12-10-14(15(20(25)26)11-13(12)2)19(24)21-16-4-5-17(27-3)22-18(16)23-6-8-28-9-7-23/h4-5,14-15H,6-11H2,1-3H3,(H,21,24)(H,25,26). The zero-order valence-electron chi connectivity index (χ0n) is 16.5. The molecule has 0 spiro atoms. The molecule has 2 unspecified atom stereocenters. The number of pyridine rings is 1. The second-order valence-electron chi connectivity index (χ2n) is 7.33. The van der Waals surface area contributed by atoms with Gasteiger partial charge in [-0.2, -0.15) is 4.98 Å². The molecule has 0 radical (unpaired) electrons. The Labute approximate surface area is 164 Å². The molecule has 1 aromatic heterocycles. The Hall–Kier alpha value is -2.61. The minimum absolute atomic E-state index is 0.291. The lowest BCUT2D eigenvalue weighted by Gasteiger charge is -2.31. The van der Waals surface area contributed by atoms with Gasteiger partial charge in [-0.3, -0.25) is 9.59 Å². The van der Waals surface area contributed by atoms with Gasteiger partial charge in [0.05, 0.1) is 37.8 Å². The zero-order valence-corrected chi connectivity index (χ0v) is 16.5. The molecule has 0 aromatic carbocycles. The Kier molecular flexibility index (Phi) is 6.18. The van der Waals surface area contributed by atoms with E-state index in [0.717, 1.165) is 11.1 Å². The summed E-state index contributed by atoms with van der Waals surface area (Å²) >= 11 is 0. The third-order valence-electron chi connectivity index (χ3n) is 5.55. The lowest BCUT2D eigenvalue weighted by atomic mass is 9.76. The van der Waals surface area contributed by atoms with E-state index >= 15 is 0 Å². The molecule has 152 valence electrons. The Morgan fingerprint density at radius 2 is 1.82 bits per heavy atom. The molecule has 28 heavy (non-hydrogen) atoms. The van der Waals surface area contributed by atoms with E-state index in [-0.39, 0.29) is 5.91 Å². The van der Waals surface area contributed by atoms with Crippen LogP contribution in [0.4, 0.5) is 11.5 Å². The fraction of sp³-hybridized carbons (Fsp3) is 0.550. The van der Waals surface area contributed by atoms with Crippen molar-refractivity contribution in [1.29, 1.82) is 0 Å². The van der Waals surface area contributed by atoms with Crippen LogP contribution in [0.2, 0.25) is 0 Å². The number of aliphatic carboxylic acids is 1. The summed E-state index contributed by atoms with van der Waals surface area (Å²) in [6, 6.07) is 3.44. The molecular formula is C20H27N3O5. The lowest BCUT2D eigenvalue weighted by molar-refractivity contribution is -0.146. The maximum absolute atomic E-state index is 13.0. The van der Waals surface area contributed by atoms with Crippen LogP contribution < -0.4 is 15.0 Å². The van der Waals surface area contributed by atoms with Crippen LogP contribution in [0.5, 0.6) is 5.88 Å². The number of hydrogen-bond acceptors (Lipinski definition) is 6. The summed E-state index contributed by atoms with van der Waals surface area (Å²) in [5.74, 6) is -1.49. The minimum atomic E-state index is -0.937. The predicted molar refractivity (Wildman–Crippen MR) is 105 cm³/mol. The molecule has 1 aromatic rings. The molecule has 1 amide bonds.